The van der Waals surface area contributed by atoms with Gasteiger partial charge >= 0.3 is 5.97 Å². The van der Waals surface area contributed by atoms with E-state index in [0.717, 1.165) is 38.9 Å². The molecule has 2 rings (SSSR count). The molecule has 0 spiro atoms. The van der Waals surface area contributed by atoms with Crippen LogP contribution in [0.5, 0.6) is 0 Å². The number of likely N-dealkylation sites (N-methyl/N-ethyl adjacent to an activating group) is 1. The maximum atomic E-state index is 12.5. The van der Waals surface area contributed by atoms with Gasteiger partial charge in [-0.25, -0.2) is 4.79 Å². The van der Waals surface area contributed by atoms with E-state index in [9.17, 15) is 14.7 Å². The maximum Gasteiger partial charge on any atom is 0.335 e. The molecule has 0 bridgehead atoms. The van der Waals surface area contributed by atoms with E-state index in [2.05, 4.69) is 10.2 Å². The summed E-state index contributed by atoms with van der Waals surface area (Å²) < 4.78 is 0. The number of nitrogens with zero attached hydrogens (tertiary/aromatic N) is 2. The van der Waals surface area contributed by atoms with Gasteiger partial charge in [0.2, 0.25) is 5.91 Å². The summed E-state index contributed by atoms with van der Waals surface area (Å²) in [6, 6.07) is 0. The van der Waals surface area contributed by atoms with Crippen LogP contribution in [-0.2, 0) is 9.59 Å². The quantitative estimate of drug-likeness (QED) is 0.739. The Morgan fingerprint density at radius 3 is 2.58 bits per heavy atom. The molecule has 134 valence electrons. The highest BCUT2D eigenvalue weighted by Crippen LogP contribution is 2.21. The van der Waals surface area contributed by atoms with Crippen molar-refractivity contribution in [3.63, 3.8) is 0 Å². The van der Waals surface area contributed by atoms with Crippen LogP contribution in [0.1, 0.15) is 39.5 Å². The molecule has 1 atom stereocenters. The van der Waals surface area contributed by atoms with E-state index in [1.807, 2.05) is 18.7 Å². The number of carboxylic acid groups (broad SMARTS) is 1. The summed E-state index contributed by atoms with van der Waals surface area (Å²) in [7, 11) is 0. The highest BCUT2D eigenvalue weighted by Gasteiger charge is 2.31. The van der Waals surface area contributed by atoms with E-state index >= 15 is 0 Å². The summed E-state index contributed by atoms with van der Waals surface area (Å²) in [5, 5.41) is 12.5. The third kappa shape index (κ3) is 4.60. The van der Waals surface area contributed by atoms with Crippen LogP contribution in [0.4, 0.5) is 0 Å². The molecule has 0 aromatic carbocycles. The van der Waals surface area contributed by atoms with Crippen molar-refractivity contribution in [3.05, 3.63) is 23.9 Å². The van der Waals surface area contributed by atoms with Crippen LogP contribution in [0.3, 0.4) is 0 Å². The van der Waals surface area contributed by atoms with Gasteiger partial charge in [-0.05, 0) is 50.6 Å². The molecule has 1 amide bonds. The monoisotopic (exact) mass is 335 g/mol. The van der Waals surface area contributed by atoms with Crippen LogP contribution >= 0.6 is 0 Å². The zero-order valence-electron chi connectivity index (χ0n) is 14.8. The first-order chi connectivity index (χ1) is 11.5. The van der Waals surface area contributed by atoms with Crippen molar-refractivity contribution in [2.24, 2.45) is 0 Å². The molecule has 2 N–H and O–H groups in total. The number of likely N-dealkylation sites (tertiary alicyclic amines) is 1. The minimum absolute atomic E-state index is 0.177. The van der Waals surface area contributed by atoms with E-state index in [-0.39, 0.29) is 5.91 Å². The lowest BCUT2D eigenvalue weighted by molar-refractivity contribution is -0.134. The molecule has 24 heavy (non-hydrogen) atoms. The number of carbonyl (C=O) groups excluding carboxylic acids is 1. The molecule has 0 radical (unpaired) electrons. The molecular weight excluding hydrogens is 306 g/mol. The van der Waals surface area contributed by atoms with Crippen molar-refractivity contribution in [1.82, 2.24) is 15.1 Å². The van der Waals surface area contributed by atoms with Crippen LogP contribution in [0.2, 0.25) is 0 Å². The molecule has 1 saturated heterocycles. The van der Waals surface area contributed by atoms with Crippen molar-refractivity contribution in [2.45, 2.75) is 45.1 Å². The molecule has 6 heteroatoms. The van der Waals surface area contributed by atoms with Crippen molar-refractivity contribution >= 4 is 11.9 Å². The molecule has 0 aliphatic carbocycles. The van der Waals surface area contributed by atoms with Gasteiger partial charge in [0.15, 0.2) is 0 Å². The van der Waals surface area contributed by atoms with Crippen molar-refractivity contribution in [3.8, 4) is 0 Å². The van der Waals surface area contributed by atoms with Gasteiger partial charge in [0.05, 0.1) is 17.7 Å². The van der Waals surface area contributed by atoms with Crippen LogP contribution in [0.15, 0.2) is 23.9 Å². The first-order valence-electron chi connectivity index (χ1n) is 8.90. The van der Waals surface area contributed by atoms with Crippen LogP contribution in [0.25, 0.3) is 0 Å². The molecule has 1 fully saturated rings. The second kappa shape index (κ2) is 8.33. The topological polar surface area (TPSA) is 72.9 Å². The third-order valence-corrected chi connectivity index (χ3v) is 4.96. The summed E-state index contributed by atoms with van der Waals surface area (Å²) in [4.78, 5) is 27.8. The Kier molecular flexibility index (Phi) is 6.43. The highest BCUT2D eigenvalue weighted by atomic mass is 16.4. The third-order valence-electron chi connectivity index (χ3n) is 4.96. The first kappa shape index (κ1) is 18.5. The fourth-order valence-corrected chi connectivity index (χ4v) is 3.34. The van der Waals surface area contributed by atoms with Gasteiger partial charge in [-0.1, -0.05) is 13.8 Å². The normalized spacial score (nSPS) is 23.8. The number of amides is 1. The predicted octanol–water partition coefficient (Wildman–Crippen LogP) is 1.60. The molecule has 6 nitrogen and oxygen atoms in total. The summed E-state index contributed by atoms with van der Waals surface area (Å²) >= 11 is 0. The summed E-state index contributed by atoms with van der Waals surface area (Å²) in [6.45, 7) is 7.54. The van der Waals surface area contributed by atoms with Crippen molar-refractivity contribution in [2.75, 3.05) is 32.7 Å². The number of hydrogen-bond acceptors (Lipinski definition) is 4. The molecular formula is C18H29N3O3. The number of dihydropyridines is 1. The van der Waals surface area contributed by atoms with Gasteiger partial charge in [0, 0.05) is 19.6 Å². The van der Waals surface area contributed by atoms with Gasteiger partial charge in [-0.2, -0.15) is 0 Å². The van der Waals surface area contributed by atoms with Gasteiger partial charge in [-0.15, -0.1) is 0 Å². The number of piperidine rings is 1. The standard InChI is InChI=1S/C18H29N3O3/c1-3-18(12-15(17(23)24)8-9-19-18)14-20(4-2)13-16(22)21-10-6-5-7-11-21/h8-9,12,19H,3-7,10-11,13-14H2,1-2H3,(H,23,24). The Bertz CT molecular complexity index is 524. The van der Waals surface area contributed by atoms with Gasteiger partial charge in [0.1, 0.15) is 0 Å². The fourth-order valence-electron chi connectivity index (χ4n) is 3.34. The Balaban J connectivity index is 2.03. The Labute approximate surface area is 144 Å². The maximum absolute atomic E-state index is 12.5. The van der Waals surface area contributed by atoms with E-state index in [1.54, 1.807) is 18.4 Å². The average molecular weight is 335 g/mol. The predicted molar refractivity (Wildman–Crippen MR) is 93.6 cm³/mol. The molecule has 1 unspecified atom stereocenters. The van der Waals surface area contributed by atoms with E-state index in [1.165, 1.54) is 6.42 Å². The zero-order valence-corrected chi connectivity index (χ0v) is 14.8. The summed E-state index contributed by atoms with van der Waals surface area (Å²) in [6.07, 6.45) is 9.20. The van der Waals surface area contributed by atoms with Gasteiger partial charge in [-0.3, -0.25) is 9.69 Å². The molecule has 0 aromatic rings. The second-order valence-corrected chi connectivity index (χ2v) is 6.64. The van der Waals surface area contributed by atoms with E-state index in [0.29, 0.717) is 18.7 Å². The fraction of sp³-hybridized carbons (Fsp3) is 0.667. The van der Waals surface area contributed by atoms with Crippen molar-refractivity contribution in [1.29, 1.82) is 0 Å². The second-order valence-electron chi connectivity index (χ2n) is 6.64. The first-order valence-corrected chi connectivity index (χ1v) is 8.90. The lowest BCUT2D eigenvalue weighted by Crippen LogP contribution is -2.53. The molecule has 2 aliphatic heterocycles. The van der Waals surface area contributed by atoms with Crippen molar-refractivity contribution < 1.29 is 14.7 Å². The Morgan fingerprint density at radius 2 is 2.00 bits per heavy atom. The Morgan fingerprint density at radius 1 is 1.29 bits per heavy atom. The summed E-state index contributed by atoms with van der Waals surface area (Å²) in [5.74, 6) is -0.741. The number of hydrogen-bond donors (Lipinski definition) is 2. The molecule has 0 saturated carbocycles. The van der Waals surface area contributed by atoms with E-state index < -0.39 is 11.5 Å². The number of aliphatic carboxylic acids is 1. The zero-order chi connectivity index (χ0) is 17.6. The molecule has 2 heterocycles. The number of carbonyl (C=O) groups is 2. The lowest BCUT2D eigenvalue weighted by Gasteiger charge is -2.38. The molecule has 2 aliphatic rings. The largest absolute Gasteiger partial charge is 0.478 e. The number of carboxylic acids is 1. The van der Waals surface area contributed by atoms with Gasteiger partial charge in [0.25, 0.3) is 0 Å². The lowest BCUT2D eigenvalue weighted by atomic mass is 9.90. The smallest absolute Gasteiger partial charge is 0.335 e. The number of rotatable bonds is 7. The number of nitrogens with one attached hydrogen (secondary N) is 1. The molecule has 0 aromatic heterocycles. The minimum Gasteiger partial charge on any atom is -0.478 e. The van der Waals surface area contributed by atoms with Gasteiger partial charge < -0.3 is 15.3 Å². The van der Waals surface area contributed by atoms with Crippen LogP contribution in [0, 0.1) is 0 Å². The van der Waals surface area contributed by atoms with E-state index in [4.69, 9.17) is 0 Å². The van der Waals surface area contributed by atoms with Crippen LogP contribution in [-0.4, -0.2) is 65.0 Å². The highest BCUT2D eigenvalue weighted by molar-refractivity contribution is 5.90. The van der Waals surface area contributed by atoms with Crippen LogP contribution < -0.4 is 5.32 Å². The summed E-state index contributed by atoms with van der Waals surface area (Å²) in [5.41, 5.74) is -0.144. The minimum atomic E-state index is -0.919. The average Bonchev–Trinajstić information content (AvgIpc) is 2.62. The Hall–Kier alpha value is -1.82. The SMILES string of the molecule is CCN(CC(=O)N1CCCCC1)CC1(CC)C=C(C(=O)O)C=CN1.